The fourth-order valence-corrected chi connectivity index (χ4v) is 4.16. The van der Waals surface area contributed by atoms with Gasteiger partial charge in [-0.2, -0.15) is 11.8 Å². The van der Waals surface area contributed by atoms with E-state index in [4.69, 9.17) is 19.3 Å². The smallest absolute Gasteiger partial charge is 0.305 e. The average molecular weight is 383 g/mol. The van der Waals surface area contributed by atoms with Crippen molar-refractivity contribution in [1.82, 2.24) is 4.90 Å². The highest BCUT2D eigenvalue weighted by Gasteiger charge is 2.28. The van der Waals surface area contributed by atoms with Gasteiger partial charge in [-0.25, -0.2) is 0 Å². The van der Waals surface area contributed by atoms with Crippen LogP contribution in [0.1, 0.15) is 18.4 Å². The first-order valence-corrected chi connectivity index (χ1v) is 9.54. The number of carboxylic acids is 1. The summed E-state index contributed by atoms with van der Waals surface area (Å²) in [5.41, 5.74) is 0.847. The summed E-state index contributed by atoms with van der Waals surface area (Å²) in [6.45, 7) is 0.588. The number of carbonyl (C=O) groups excluding carboxylic acids is 1. The Morgan fingerprint density at radius 2 is 1.92 bits per heavy atom. The lowest BCUT2D eigenvalue weighted by atomic mass is 10.1. The van der Waals surface area contributed by atoms with Crippen LogP contribution in [0.3, 0.4) is 0 Å². The quantitative estimate of drug-likeness (QED) is 0.735. The molecule has 1 fully saturated rings. The van der Waals surface area contributed by atoms with E-state index in [-0.39, 0.29) is 24.8 Å². The van der Waals surface area contributed by atoms with Crippen LogP contribution in [-0.4, -0.2) is 67.3 Å². The van der Waals surface area contributed by atoms with E-state index in [1.165, 1.54) is 7.11 Å². The van der Waals surface area contributed by atoms with E-state index >= 15 is 0 Å². The van der Waals surface area contributed by atoms with Gasteiger partial charge in [-0.1, -0.05) is 6.07 Å². The second-order valence-electron chi connectivity index (χ2n) is 5.91. The lowest BCUT2D eigenvalue weighted by Crippen LogP contribution is -2.47. The molecule has 1 aromatic carbocycles. The minimum atomic E-state index is -0.878. The number of ether oxygens (including phenoxy) is 3. The summed E-state index contributed by atoms with van der Waals surface area (Å²) >= 11 is 1.69. The van der Waals surface area contributed by atoms with Gasteiger partial charge in [-0.15, -0.1) is 0 Å². The molecule has 0 aliphatic carbocycles. The van der Waals surface area contributed by atoms with Crippen LogP contribution in [0.2, 0.25) is 0 Å². The van der Waals surface area contributed by atoms with Crippen LogP contribution in [0.25, 0.3) is 0 Å². The summed E-state index contributed by atoms with van der Waals surface area (Å²) in [5, 5.41) is 9.06. The fraction of sp³-hybridized carbons (Fsp3) is 0.556. The number of aliphatic carboxylic acids is 1. The summed E-state index contributed by atoms with van der Waals surface area (Å²) in [5.74, 6) is 2.20. The molecule has 1 N–H and O–H groups in total. The predicted octanol–water partition coefficient (Wildman–Crippen LogP) is 2.06. The van der Waals surface area contributed by atoms with E-state index in [0.717, 1.165) is 11.3 Å². The Morgan fingerprint density at radius 3 is 2.54 bits per heavy atom. The minimum absolute atomic E-state index is 0.0155. The second kappa shape index (κ2) is 9.56. The van der Waals surface area contributed by atoms with Gasteiger partial charge in [0.2, 0.25) is 11.7 Å². The first-order valence-electron chi connectivity index (χ1n) is 8.38. The van der Waals surface area contributed by atoms with Gasteiger partial charge in [-0.3, -0.25) is 9.59 Å². The summed E-state index contributed by atoms with van der Waals surface area (Å²) in [7, 11) is 4.64. The molecule has 1 aromatic rings. The first-order chi connectivity index (χ1) is 12.5. The number of hydrogen-bond donors (Lipinski definition) is 1. The van der Waals surface area contributed by atoms with E-state index in [9.17, 15) is 9.59 Å². The van der Waals surface area contributed by atoms with Gasteiger partial charge in [0, 0.05) is 24.5 Å². The third-order valence-electron chi connectivity index (χ3n) is 4.35. The van der Waals surface area contributed by atoms with Crippen LogP contribution in [0.4, 0.5) is 0 Å². The van der Waals surface area contributed by atoms with Crippen molar-refractivity contribution in [1.29, 1.82) is 0 Å². The Bertz CT molecular complexity index is 651. The number of aryl methyl sites for hydroxylation is 1. The topological polar surface area (TPSA) is 85.3 Å². The molecule has 1 atom stereocenters. The summed E-state index contributed by atoms with van der Waals surface area (Å²) in [6, 6.07) is 3.39. The third kappa shape index (κ3) is 4.75. The van der Waals surface area contributed by atoms with Crippen molar-refractivity contribution in [2.45, 2.75) is 25.3 Å². The van der Waals surface area contributed by atoms with Gasteiger partial charge in [0.25, 0.3) is 0 Å². The van der Waals surface area contributed by atoms with Gasteiger partial charge in [0.05, 0.1) is 33.8 Å². The van der Waals surface area contributed by atoms with Gasteiger partial charge in [0.1, 0.15) is 0 Å². The minimum Gasteiger partial charge on any atom is -0.493 e. The van der Waals surface area contributed by atoms with E-state index in [2.05, 4.69) is 0 Å². The number of carbonyl (C=O) groups is 2. The van der Waals surface area contributed by atoms with Gasteiger partial charge in [0.15, 0.2) is 11.5 Å². The molecule has 1 heterocycles. The largest absolute Gasteiger partial charge is 0.493 e. The molecule has 26 heavy (non-hydrogen) atoms. The van der Waals surface area contributed by atoms with Crippen molar-refractivity contribution < 1.29 is 28.9 Å². The predicted molar refractivity (Wildman–Crippen MR) is 99.5 cm³/mol. The number of hydrogen-bond acceptors (Lipinski definition) is 6. The van der Waals surface area contributed by atoms with E-state index in [1.54, 1.807) is 36.9 Å². The average Bonchev–Trinajstić information content (AvgIpc) is 2.64. The maximum atomic E-state index is 12.7. The third-order valence-corrected chi connectivity index (χ3v) is 5.44. The normalized spacial score (nSPS) is 16.9. The first kappa shape index (κ1) is 20.2. The highest BCUT2D eigenvalue weighted by molar-refractivity contribution is 7.99. The van der Waals surface area contributed by atoms with Crippen molar-refractivity contribution in [3.8, 4) is 17.2 Å². The molecule has 1 amide bonds. The van der Waals surface area contributed by atoms with Crippen molar-refractivity contribution in [2.24, 2.45) is 0 Å². The molecule has 1 aliphatic heterocycles. The number of rotatable bonds is 8. The van der Waals surface area contributed by atoms with Crippen LogP contribution in [-0.2, 0) is 16.0 Å². The van der Waals surface area contributed by atoms with Gasteiger partial charge >= 0.3 is 5.97 Å². The number of benzene rings is 1. The van der Waals surface area contributed by atoms with E-state index in [1.807, 2.05) is 6.07 Å². The maximum Gasteiger partial charge on any atom is 0.305 e. The highest BCUT2D eigenvalue weighted by atomic mass is 32.2. The Balaban J connectivity index is 2.09. The highest BCUT2D eigenvalue weighted by Crippen LogP contribution is 2.40. The van der Waals surface area contributed by atoms with Crippen molar-refractivity contribution in [2.75, 3.05) is 39.4 Å². The molecule has 0 bridgehead atoms. The molecule has 0 saturated carbocycles. The number of nitrogens with zero attached hydrogens (tertiary/aromatic N) is 1. The molecule has 2 rings (SSSR count). The molecule has 0 radical (unpaired) electrons. The van der Waals surface area contributed by atoms with Crippen molar-refractivity contribution >= 4 is 23.6 Å². The zero-order valence-electron chi connectivity index (χ0n) is 15.3. The summed E-state index contributed by atoms with van der Waals surface area (Å²) in [6.07, 6.45) is 0.747. The van der Waals surface area contributed by atoms with Crippen molar-refractivity contribution in [3.63, 3.8) is 0 Å². The lowest BCUT2D eigenvalue weighted by molar-refractivity contribution is -0.140. The molecule has 1 saturated heterocycles. The zero-order valence-corrected chi connectivity index (χ0v) is 16.1. The number of thioether (sulfide) groups is 1. The maximum absolute atomic E-state index is 12.7. The van der Waals surface area contributed by atoms with Crippen molar-refractivity contribution in [3.05, 3.63) is 17.7 Å². The number of methoxy groups -OCH3 is 3. The molecular formula is C18H25NO6S. The molecule has 1 unspecified atom stereocenters. The molecule has 0 aromatic heterocycles. The number of amides is 1. The molecule has 8 heteroatoms. The molecule has 0 spiro atoms. The summed E-state index contributed by atoms with van der Waals surface area (Å²) in [4.78, 5) is 25.4. The molecular weight excluding hydrogens is 358 g/mol. The zero-order chi connectivity index (χ0) is 19.1. The Morgan fingerprint density at radius 1 is 1.19 bits per heavy atom. The van der Waals surface area contributed by atoms with Crippen LogP contribution < -0.4 is 14.2 Å². The number of carboxylic acid groups (broad SMARTS) is 1. The van der Waals surface area contributed by atoms with Crippen LogP contribution >= 0.6 is 11.8 Å². The monoisotopic (exact) mass is 383 g/mol. The lowest BCUT2D eigenvalue weighted by Gasteiger charge is -2.34. The summed E-state index contributed by atoms with van der Waals surface area (Å²) < 4.78 is 16.1. The van der Waals surface area contributed by atoms with Crippen LogP contribution in [0, 0.1) is 0 Å². The fourth-order valence-electron chi connectivity index (χ4n) is 3.10. The van der Waals surface area contributed by atoms with E-state index in [0.29, 0.717) is 36.0 Å². The van der Waals surface area contributed by atoms with E-state index < -0.39 is 5.97 Å². The molecule has 144 valence electrons. The Labute approximate surface area is 157 Å². The molecule has 7 nitrogen and oxygen atoms in total. The van der Waals surface area contributed by atoms with Gasteiger partial charge < -0.3 is 24.2 Å². The Kier molecular flexibility index (Phi) is 7.44. The SMILES string of the molecule is COc1ccc(CCC(=O)N2CCSCC2CC(=O)O)c(OC)c1OC. The Hall–Kier alpha value is -2.09. The molecule has 1 aliphatic rings. The van der Waals surface area contributed by atoms with Gasteiger partial charge in [-0.05, 0) is 18.1 Å². The standard InChI is InChI=1S/C18H25NO6S/c1-23-14-6-4-12(17(24-2)18(14)25-3)5-7-15(20)19-8-9-26-11-13(19)10-16(21)22/h4,6,13H,5,7-11H2,1-3H3,(H,21,22). The van der Waals surface area contributed by atoms with Crippen LogP contribution in [0.15, 0.2) is 12.1 Å². The van der Waals surface area contributed by atoms with Crippen LogP contribution in [0.5, 0.6) is 17.2 Å². The second-order valence-corrected chi connectivity index (χ2v) is 7.06.